The average Bonchev–Trinajstić information content (AvgIpc) is 3.13. The number of aliphatic imine (C=N–C) groups is 1. The van der Waals surface area contributed by atoms with Crippen LogP contribution in [0, 0.1) is 5.82 Å². The molecule has 28 heavy (non-hydrogen) atoms. The van der Waals surface area contributed by atoms with Gasteiger partial charge in [-0.2, -0.15) is 13.2 Å². The molecule has 2 aromatic rings. The Balaban J connectivity index is 2.15. The second kappa shape index (κ2) is 9.59. The number of hydrogen-bond acceptors (Lipinski definition) is 3. The summed E-state index contributed by atoms with van der Waals surface area (Å²) in [5, 5.41) is 6.11. The number of halogens is 4. The van der Waals surface area contributed by atoms with Gasteiger partial charge in [0, 0.05) is 13.1 Å². The molecule has 1 heterocycles. The van der Waals surface area contributed by atoms with Crippen molar-refractivity contribution in [2.75, 3.05) is 27.2 Å². The van der Waals surface area contributed by atoms with Crippen LogP contribution in [0.4, 0.5) is 17.6 Å². The number of nitrogens with one attached hydrogen (secondary N) is 2. The Morgan fingerprint density at radius 1 is 1.21 bits per heavy atom. The molecule has 154 valence electrons. The van der Waals surface area contributed by atoms with Crippen LogP contribution >= 0.6 is 0 Å². The Labute approximate surface area is 161 Å². The fraction of sp³-hybridized carbons (Fsp3) is 0.421. The predicted molar refractivity (Wildman–Crippen MR) is 99.4 cm³/mol. The minimum absolute atomic E-state index is 0.0876. The number of likely N-dealkylation sites (N-methyl/N-ethyl adjacent to an activating group) is 1. The molecule has 1 aromatic carbocycles. The number of rotatable bonds is 7. The van der Waals surface area contributed by atoms with E-state index in [0.717, 1.165) is 17.9 Å². The normalized spacial score (nSPS) is 13.6. The molecule has 2 rings (SSSR count). The second-order valence-corrected chi connectivity index (χ2v) is 6.37. The number of alkyl halides is 3. The fourth-order valence-corrected chi connectivity index (χ4v) is 2.67. The maximum atomic E-state index is 13.2. The average molecular weight is 400 g/mol. The van der Waals surface area contributed by atoms with Crippen molar-refractivity contribution in [3.05, 3.63) is 59.3 Å². The van der Waals surface area contributed by atoms with Crippen molar-refractivity contribution in [2.45, 2.75) is 25.7 Å². The minimum Gasteiger partial charge on any atom is -0.468 e. The number of guanidine groups is 1. The monoisotopic (exact) mass is 400 g/mol. The van der Waals surface area contributed by atoms with E-state index in [2.05, 4.69) is 15.6 Å². The lowest BCUT2D eigenvalue weighted by molar-refractivity contribution is -0.138. The first-order chi connectivity index (χ1) is 13.2. The van der Waals surface area contributed by atoms with Crippen molar-refractivity contribution in [3.63, 3.8) is 0 Å². The summed E-state index contributed by atoms with van der Waals surface area (Å²) in [4.78, 5) is 6.18. The highest BCUT2D eigenvalue weighted by Crippen LogP contribution is 2.32. The van der Waals surface area contributed by atoms with Gasteiger partial charge >= 0.3 is 6.18 Å². The summed E-state index contributed by atoms with van der Waals surface area (Å²) in [5.74, 6) is 0.182. The molecule has 0 radical (unpaired) electrons. The van der Waals surface area contributed by atoms with Crippen molar-refractivity contribution >= 4 is 5.96 Å². The zero-order valence-corrected chi connectivity index (χ0v) is 16.0. The van der Waals surface area contributed by atoms with Crippen LogP contribution in [-0.2, 0) is 12.7 Å². The van der Waals surface area contributed by atoms with Gasteiger partial charge in [0.2, 0.25) is 0 Å². The molecule has 9 heteroatoms. The van der Waals surface area contributed by atoms with Crippen molar-refractivity contribution in [1.29, 1.82) is 0 Å². The minimum atomic E-state index is -4.64. The van der Waals surface area contributed by atoms with Gasteiger partial charge < -0.3 is 15.1 Å². The Hall–Kier alpha value is -2.55. The first-order valence-electron chi connectivity index (χ1n) is 8.80. The summed E-state index contributed by atoms with van der Waals surface area (Å²) in [6.45, 7) is 2.58. The summed E-state index contributed by atoms with van der Waals surface area (Å²) in [5.41, 5.74) is -1.12. The third kappa shape index (κ3) is 5.98. The molecule has 0 aliphatic carbocycles. The van der Waals surface area contributed by atoms with Gasteiger partial charge in [0.05, 0.1) is 24.4 Å². The quantitative estimate of drug-likeness (QED) is 0.422. The predicted octanol–water partition coefficient (Wildman–Crippen LogP) is 3.80. The first-order valence-corrected chi connectivity index (χ1v) is 8.80. The van der Waals surface area contributed by atoms with Crippen molar-refractivity contribution in [1.82, 2.24) is 15.5 Å². The van der Waals surface area contributed by atoms with Crippen molar-refractivity contribution < 1.29 is 22.0 Å². The standard InChI is InChI=1S/C19H24F4N4O/c1-4-24-18(26-12-16(27(2)3)17-6-5-9-28-17)25-11-13-7-8-14(20)10-15(13)19(21,22)23/h5-10,16H,4,11-12H2,1-3H3,(H2,24,25,26). The van der Waals surface area contributed by atoms with Crippen LogP contribution < -0.4 is 10.6 Å². The van der Waals surface area contributed by atoms with Gasteiger partial charge in [0.1, 0.15) is 11.6 Å². The van der Waals surface area contributed by atoms with E-state index in [9.17, 15) is 17.6 Å². The van der Waals surface area contributed by atoms with Crippen LogP contribution in [0.15, 0.2) is 46.0 Å². The first kappa shape index (κ1) is 21.7. The Morgan fingerprint density at radius 2 is 1.96 bits per heavy atom. The number of hydrogen-bond donors (Lipinski definition) is 2. The molecule has 0 aliphatic rings. The molecule has 0 saturated heterocycles. The zero-order chi connectivity index (χ0) is 20.7. The highest BCUT2D eigenvalue weighted by atomic mass is 19.4. The molecule has 1 unspecified atom stereocenters. The van der Waals surface area contributed by atoms with E-state index in [1.807, 2.05) is 32.0 Å². The SMILES string of the molecule is CCNC(=NCc1ccc(F)cc1C(F)(F)F)NCC(c1ccco1)N(C)C. The van der Waals surface area contributed by atoms with E-state index in [4.69, 9.17) is 4.42 Å². The smallest absolute Gasteiger partial charge is 0.416 e. The van der Waals surface area contributed by atoms with Gasteiger partial charge in [-0.15, -0.1) is 0 Å². The largest absolute Gasteiger partial charge is 0.468 e. The topological polar surface area (TPSA) is 52.8 Å². The van der Waals surface area contributed by atoms with Crippen LogP contribution in [0.2, 0.25) is 0 Å². The fourth-order valence-electron chi connectivity index (χ4n) is 2.67. The highest BCUT2D eigenvalue weighted by Gasteiger charge is 2.33. The van der Waals surface area contributed by atoms with Gasteiger partial charge in [-0.3, -0.25) is 4.90 Å². The van der Waals surface area contributed by atoms with Crippen LogP contribution in [0.5, 0.6) is 0 Å². The molecule has 0 spiro atoms. The van der Waals surface area contributed by atoms with Gasteiger partial charge in [0.25, 0.3) is 0 Å². The van der Waals surface area contributed by atoms with E-state index in [1.165, 1.54) is 0 Å². The van der Waals surface area contributed by atoms with Crippen LogP contribution in [0.25, 0.3) is 0 Å². The van der Waals surface area contributed by atoms with Gasteiger partial charge in [0.15, 0.2) is 5.96 Å². The van der Waals surface area contributed by atoms with E-state index < -0.39 is 17.6 Å². The highest BCUT2D eigenvalue weighted by molar-refractivity contribution is 5.79. The Morgan fingerprint density at radius 3 is 2.54 bits per heavy atom. The van der Waals surface area contributed by atoms with Gasteiger partial charge in [-0.1, -0.05) is 6.07 Å². The molecule has 0 saturated carbocycles. The molecule has 0 aliphatic heterocycles. The maximum absolute atomic E-state index is 13.2. The molecule has 0 bridgehead atoms. The number of furan rings is 1. The molecule has 0 fully saturated rings. The third-order valence-electron chi connectivity index (χ3n) is 4.09. The summed E-state index contributed by atoms with van der Waals surface area (Å²) in [6, 6.07) is 6.15. The molecule has 2 N–H and O–H groups in total. The van der Waals surface area contributed by atoms with Gasteiger partial charge in [-0.25, -0.2) is 9.38 Å². The summed E-state index contributed by atoms with van der Waals surface area (Å²) < 4.78 is 58.1. The Bertz CT molecular complexity index is 773. The lowest BCUT2D eigenvalue weighted by Gasteiger charge is -2.23. The zero-order valence-electron chi connectivity index (χ0n) is 16.0. The summed E-state index contributed by atoms with van der Waals surface area (Å²) in [6.07, 6.45) is -3.06. The number of benzene rings is 1. The van der Waals surface area contributed by atoms with Crippen molar-refractivity contribution in [3.8, 4) is 0 Å². The molecular weight excluding hydrogens is 376 g/mol. The van der Waals surface area contributed by atoms with E-state index >= 15 is 0 Å². The maximum Gasteiger partial charge on any atom is 0.416 e. The van der Waals surface area contributed by atoms with E-state index in [-0.39, 0.29) is 18.2 Å². The summed E-state index contributed by atoms with van der Waals surface area (Å²) in [7, 11) is 3.79. The lowest BCUT2D eigenvalue weighted by atomic mass is 10.1. The van der Waals surface area contributed by atoms with Gasteiger partial charge in [-0.05, 0) is 50.8 Å². The third-order valence-corrected chi connectivity index (χ3v) is 4.09. The summed E-state index contributed by atoms with van der Waals surface area (Å²) >= 11 is 0. The van der Waals surface area contributed by atoms with Crippen LogP contribution in [0.1, 0.15) is 29.9 Å². The van der Waals surface area contributed by atoms with E-state index in [1.54, 1.807) is 12.3 Å². The lowest BCUT2D eigenvalue weighted by Crippen LogP contribution is -2.41. The molecule has 5 nitrogen and oxygen atoms in total. The molecular formula is C19H24F4N4O. The van der Waals surface area contributed by atoms with E-state index in [0.29, 0.717) is 25.1 Å². The Kier molecular flexibility index (Phi) is 7.45. The molecule has 0 amide bonds. The molecule has 1 atom stereocenters. The van der Waals surface area contributed by atoms with Crippen LogP contribution in [0.3, 0.4) is 0 Å². The number of nitrogens with zero attached hydrogens (tertiary/aromatic N) is 2. The van der Waals surface area contributed by atoms with Crippen LogP contribution in [-0.4, -0.2) is 38.0 Å². The molecule has 1 aromatic heterocycles. The second-order valence-electron chi connectivity index (χ2n) is 6.37. The van der Waals surface area contributed by atoms with Crippen molar-refractivity contribution in [2.24, 2.45) is 4.99 Å².